The molecule has 3 aromatic rings. The molecule has 0 unspecified atom stereocenters. The maximum Gasteiger partial charge on any atom is 0.233 e. The molecule has 0 radical (unpaired) electrons. The van der Waals surface area contributed by atoms with Crippen molar-refractivity contribution in [3.63, 3.8) is 0 Å². The maximum absolute atomic E-state index is 13.0. The highest BCUT2D eigenvalue weighted by atomic mass is 79.9. The standard InChI is InChI=1S/C19H19BrN4O2/c1-13(2)19-23-22-16(26-19)10-11-17(25)24(14-7-4-3-5-8-14)18-15(20)9-6-12-21-18/h3-9,12-13H,10-11H2,1-2H3. The predicted molar refractivity (Wildman–Crippen MR) is 102 cm³/mol. The van der Waals surface area contributed by atoms with Gasteiger partial charge in [0, 0.05) is 25.0 Å². The highest BCUT2D eigenvalue weighted by Gasteiger charge is 2.22. The van der Waals surface area contributed by atoms with Crippen molar-refractivity contribution in [2.45, 2.75) is 32.6 Å². The maximum atomic E-state index is 13.0. The molecule has 3 rings (SSSR count). The summed E-state index contributed by atoms with van der Waals surface area (Å²) in [6.07, 6.45) is 2.28. The normalized spacial score (nSPS) is 10.9. The Labute approximate surface area is 160 Å². The number of aromatic nitrogens is 3. The summed E-state index contributed by atoms with van der Waals surface area (Å²) in [6.45, 7) is 3.97. The van der Waals surface area contributed by atoms with Gasteiger partial charge in [0.15, 0.2) is 5.82 Å². The number of amides is 1. The lowest BCUT2D eigenvalue weighted by Gasteiger charge is -2.22. The molecule has 0 bridgehead atoms. The zero-order chi connectivity index (χ0) is 18.5. The first-order valence-corrected chi connectivity index (χ1v) is 9.16. The molecule has 0 saturated carbocycles. The van der Waals surface area contributed by atoms with E-state index in [0.717, 1.165) is 10.2 Å². The van der Waals surface area contributed by atoms with Crippen molar-refractivity contribution >= 4 is 33.3 Å². The molecule has 1 aromatic carbocycles. The van der Waals surface area contributed by atoms with Crippen LogP contribution in [0.5, 0.6) is 0 Å². The Kier molecular flexibility index (Phi) is 5.78. The second-order valence-electron chi connectivity index (χ2n) is 6.06. The third kappa shape index (κ3) is 4.16. The smallest absolute Gasteiger partial charge is 0.233 e. The molecule has 0 saturated heterocycles. The summed E-state index contributed by atoms with van der Waals surface area (Å²) >= 11 is 3.48. The number of benzene rings is 1. The zero-order valence-electron chi connectivity index (χ0n) is 14.6. The number of hydrogen-bond acceptors (Lipinski definition) is 5. The fourth-order valence-electron chi connectivity index (χ4n) is 2.43. The van der Waals surface area contributed by atoms with Gasteiger partial charge in [-0.05, 0) is 40.2 Å². The Balaban J connectivity index is 1.82. The minimum atomic E-state index is -0.0973. The number of anilines is 2. The molecule has 134 valence electrons. The lowest BCUT2D eigenvalue weighted by Crippen LogP contribution is -2.27. The summed E-state index contributed by atoms with van der Waals surface area (Å²) in [5.41, 5.74) is 0.755. The van der Waals surface area contributed by atoms with Crippen molar-refractivity contribution in [1.29, 1.82) is 0 Å². The number of hydrogen-bond donors (Lipinski definition) is 0. The minimum Gasteiger partial charge on any atom is -0.425 e. The van der Waals surface area contributed by atoms with E-state index in [2.05, 4.69) is 31.1 Å². The number of halogens is 1. The number of aryl methyl sites for hydroxylation is 1. The molecule has 7 heteroatoms. The quantitative estimate of drug-likeness (QED) is 0.586. The molecule has 1 amide bonds. The molecule has 0 spiro atoms. The van der Waals surface area contributed by atoms with Crippen LogP contribution in [-0.4, -0.2) is 21.1 Å². The van der Waals surface area contributed by atoms with E-state index < -0.39 is 0 Å². The number of pyridine rings is 1. The lowest BCUT2D eigenvalue weighted by molar-refractivity contribution is -0.118. The molecule has 2 aromatic heterocycles. The van der Waals surface area contributed by atoms with E-state index in [-0.39, 0.29) is 18.2 Å². The van der Waals surface area contributed by atoms with Gasteiger partial charge in [-0.15, -0.1) is 10.2 Å². The van der Waals surface area contributed by atoms with Crippen LogP contribution in [0.2, 0.25) is 0 Å². The van der Waals surface area contributed by atoms with Crippen molar-refractivity contribution in [3.05, 3.63) is 64.9 Å². The fraction of sp³-hybridized carbons (Fsp3) is 0.263. The van der Waals surface area contributed by atoms with Crippen LogP contribution in [0, 0.1) is 0 Å². The molecule has 2 heterocycles. The summed E-state index contributed by atoms with van der Waals surface area (Å²) in [6, 6.07) is 13.1. The lowest BCUT2D eigenvalue weighted by atomic mass is 10.2. The van der Waals surface area contributed by atoms with Crippen molar-refractivity contribution in [2.75, 3.05) is 4.90 Å². The Hall–Kier alpha value is -2.54. The van der Waals surface area contributed by atoms with Gasteiger partial charge in [0.05, 0.1) is 10.2 Å². The van der Waals surface area contributed by atoms with E-state index in [9.17, 15) is 4.79 Å². The summed E-state index contributed by atoms with van der Waals surface area (Å²) in [4.78, 5) is 19.0. The van der Waals surface area contributed by atoms with Crippen molar-refractivity contribution in [2.24, 2.45) is 0 Å². The van der Waals surface area contributed by atoms with Crippen LogP contribution in [-0.2, 0) is 11.2 Å². The van der Waals surface area contributed by atoms with Crippen LogP contribution in [0.1, 0.15) is 38.0 Å². The summed E-state index contributed by atoms with van der Waals surface area (Å²) < 4.78 is 6.34. The van der Waals surface area contributed by atoms with Gasteiger partial charge in [0.25, 0.3) is 0 Å². The van der Waals surface area contributed by atoms with Crippen molar-refractivity contribution < 1.29 is 9.21 Å². The number of carbonyl (C=O) groups is 1. The Morgan fingerprint density at radius 3 is 2.58 bits per heavy atom. The third-order valence-corrected chi connectivity index (χ3v) is 4.36. The molecule has 0 atom stereocenters. The van der Waals surface area contributed by atoms with Crippen LogP contribution in [0.15, 0.2) is 57.6 Å². The summed E-state index contributed by atoms with van der Waals surface area (Å²) in [7, 11) is 0. The molecule has 0 fully saturated rings. The average molecular weight is 415 g/mol. The monoisotopic (exact) mass is 414 g/mol. The number of nitrogens with zero attached hydrogens (tertiary/aromatic N) is 4. The van der Waals surface area contributed by atoms with Crippen LogP contribution < -0.4 is 4.90 Å². The highest BCUT2D eigenvalue weighted by molar-refractivity contribution is 9.10. The van der Waals surface area contributed by atoms with E-state index in [1.165, 1.54) is 0 Å². The third-order valence-electron chi connectivity index (χ3n) is 3.74. The molecule has 0 aliphatic heterocycles. The molecule has 0 aliphatic rings. The first-order valence-electron chi connectivity index (χ1n) is 8.37. The molecule has 0 N–H and O–H groups in total. The molecule has 26 heavy (non-hydrogen) atoms. The van der Waals surface area contributed by atoms with Gasteiger partial charge >= 0.3 is 0 Å². The van der Waals surface area contributed by atoms with Gasteiger partial charge in [-0.1, -0.05) is 32.0 Å². The second-order valence-corrected chi connectivity index (χ2v) is 6.92. The van der Waals surface area contributed by atoms with Crippen LogP contribution in [0.25, 0.3) is 0 Å². The number of para-hydroxylation sites is 1. The van der Waals surface area contributed by atoms with Gasteiger partial charge in [-0.2, -0.15) is 0 Å². The SMILES string of the molecule is CC(C)c1nnc(CCC(=O)N(c2ccccc2)c2ncccc2Br)o1. The Morgan fingerprint density at radius 2 is 1.92 bits per heavy atom. The average Bonchev–Trinajstić information content (AvgIpc) is 3.12. The minimum absolute atomic E-state index is 0.0973. The van der Waals surface area contributed by atoms with E-state index in [0.29, 0.717) is 24.0 Å². The first-order chi connectivity index (χ1) is 12.6. The van der Waals surface area contributed by atoms with Crippen LogP contribution >= 0.6 is 15.9 Å². The molecule has 6 nitrogen and oxygen atoms in total. The largest absolute Gasteiger partial charge is 0.425 e. The number of carbonyl (C=O) groups excluding carboxylic acids is 1. The van der Waals surface area contributed by atoms with E-state index >= 15 is 0 Å². The fourth-order valence-corrected chi connectivity index (χ4v) is 2.86. The van der Waals surface area contributed by atoms with Gasteiger partial charge in [-0.25, -0.2) is 4.98 Å². The molecular weight excluding hydrogens is 396 g/mol. The Bertz CT molecular complexity index is 880. The van der Waals surface area contributed by atoms with Crippen molar-refractivity contribution in [3.8, 4) is 0 Å². The zero-order valence-corrected chi connectivity index (χ0v) is 16.2. The highest BCUT2D eigenvalue weighted by Crippen LogP contribution is 2.30. The van der Waals surface area contributed by atoms with Crippen LogP contribution in [0.3, 0.4) is 0 Å². The molecular formula is C19H19BrN4O2. The summed E-state index contributed by atoms with van der Waals surface area (Å²) in [5.74, 6) is 1.67. The predicted octanol–water partition coefficient (Wildman–Crippen LogP) is 4.65. The van der Waals surface area contributed by atoms with E-state index in [1.807, 2.05) is 56.3 Å². The van der Waals surface area contributed by atoms with Gasteiger partial charge < -0.3 is 4.42 Å². The Morgan fingerprint density at radius 1 is 1.15 bits per heavy atom. The van der Waals surface area contributed by atoms with E-state index in [4.69, 9.17) is 4.42 Å². The number of rotatable bonds is 6. The van der Waals surface area contributed by atoms with Crippen LogP contribution in [0.4, 0.5) is 11.5 Å². The van der Waals surface area contributed by atoms with Gasteiger partial charge in [-0.3, -0.25) is 9.69 Å². The first kappa shape index (κ1) is 18.3. The van der Waals surface area contributed by atoms with Gasteiger partial charge in [0.2, 0.25) is 17.7 Å². The van der Waals surface area contributed by atoms with Gasteiger partial charge in [0.1, 0.15) is 0 Å². The second kappa shape index (κ2) is 8.23. The summed E-state index contributed by atoms with van der Waals surface area (Å²) in [5, 5.41) is 8.03. The van der Waals surface area contributed by atoms with E-state index in [1.54, 1.807) is 11.1 Å². The topological polar surface area (TPSA) is 72.1 Å². The molecule has 0 aliphatic carbocycles. The van der Waals surface area contributed by atoms with Crippen molar-refractivity contribution in [1.82, 2.24) is 15.2 Å².